The molecule has 0 aromatic heterocycles. The Morgan fingerprint density at radius 1 is 0.771 bits per heavy atom. The van der Waals surface area contributed by atoms with Gasteiger partial charge in [-0.25, -0.2) is 8.42 Å². The standard InChI is InChI=1S/C28H44N2O4S/c1-2-3-4-5-6-7-8-9-10-11-12-13-14-15-22-34-25-17-19-26(20-18-25)35(32,33)30-27-21-16-24(29)23-28(27)31/h16-21,23,30-31H,2-15,22,29H2,1H3. The Kier molecular flexibility index (Phi) is 13.4. The van der Waals surface area contributed by atoms with Gasteiger partial charge in [-0.15, -0.1) is 0 Å². The van der Waals surface area contributed by atoms with Gasteiger partial charge in [-0.2, -0.15) is 0 Å². The number of phenols is 1. The van der Waals surface area contributed by atoms with Crippen molar-refractivity contribution in [1.29, 1.82) is 0 Å². The molecule has 0 aliphatic heterocycles. The fourth-order valence-electron chi connectivity index (χ4n) is 4.04. The van der Waals surface area contributed by atoms with Crippen molar-refractivity contribution >= 4 is 21.4 Å². The average Bonchev–Trinajstić information content (AvgIpc) is 2.83. The van der Waals surface area contributed by atoms with Crippen molar-refractivity contribution in [1.82, 2.24) is 0 Å². The second-order valence-electron chi connectivity index (χ2n) is 9.30. The fourth-order valence-corrected chi connectivity index (χ4v) is 5.11. The van der Waals surface area contributed by atoms with E-state index in [4.69, 9.17) is 10.5 Å². The minimum atomic E-state index is -3.82. The van der Waals surface area contributed by atoms with Crippen LogP contribution in [0.2, 0.25) is 0 Å². The monoisotopic (exact) mass is 504 g/mol. The molecule has 2 aromatic carbocycles. The smallest absolute Gasteiger partial charge is 0.262 e. The zero-order valence-corrected chi connectivity index (χ0v) is 22.1. The molecule has 0 amide bonds. The van der Waals surface area contributed by atoms with Crippen molar-refractivity contribution in [2.24, 2.45) is 0 Å². The van der Waals surface area contributed by atoms with E-state index in [1.165, 1.54) is 107 Å². The van der Waals surface area contributed by atoms with E-state index in [-0.39, 0.29) is 16.3 Å². The minimum Gasteiger partial charge on any atom is -0.506 e. The number of nitrogens with two attached hydrogens (primary N) is 1. The zero-order chi connectivity index (χ0) is 25.4. The summed E-state index contributed by atoms with van der Waals surface area (Å²) in [7, 11) is -3.82. The van der Waals surface area contributed by atoms with E-state index < -0.39 is 10.0 Å². The predicted octanol–water partition coefficient (Wildman–Crippen LogP) is 7.64. The minimum absolute atomic E-state index is 0.0809. The van der Waals surface area contributed by atoms with Gasteiger partial charge in [0.25, 0.3) is 10.0 Å². The van der Waals surface area contributed by atoms with Crippen molar-refractivity contribution < 1.29 is 18.3 Å². The summed E-state index contributed by atoms with van der Waals surface area (Å²) in [6.45, 7) is 2.89. The van der Waals surface area contributed by atoms with E-state index in [0.29, 0.717) is 18.0 Å². The van der Waals surface area contributed by atoms with Gasteiger partial charge in [0, 0.05) is 11.8 Å². The molecule has 6 nitrogen and oxygen atoms in total. The van der Waals surface area contributed by atoms with Gasteiger partial charge >= 0.3 is 0 Å². The molecule has 0 fully saturated rings. The summed E-state index contributed by atoms with van der Waals surface area (Å²) in [4.78, 5) is 0.0950. The van der Waals surface area contributed by atoms with Crippen LogP contribution in [0.5, 0.6) is 11.5 Å². The number of phenolic OH excluding ortho intramolecular Hbond substituents is 1. The van der Waals surface area contributed by atoms with Crippen molar-refractivity contribution in [2.45, 2.75) is 102 Å². The number of hydrogen-bond acceptors (Lipinski definition) is 5. The maximum Gasteiger partial charge on any atom is 0.262 e. The van der Waals surface area contributed by atoms with E-state index in [1.54, 1.807) is 12.1 Å². The molecule has 35 heavy (non-hydrogen) atoms. The van der Waals surface area contributed by atoms with Gasteiger partial charge < -0.3 is 15.6 Å². The van der Waals surface area contributed by atoms with Crippen LogP contribution in [0.1, 0.15) is 96.8 Å². The molecule has 0 heterocycles. The number of unbranched alkanes of at least 4 members (excludes halogenated alkanes) is 13. The van der Waals surface area contributed by atoms with E-state index in [0.717, 1.165) is 12.8 Å². The third-order valence-electron chi connectivity index (χ3n) is 6.17. The maximum absolute atomic E-state index is 12.6. The van der Waals surface area contributed by atoms with Gasteiger partial charge in [0.15, 0.2) is 0 Å². The van der Waals surface area contributed by atoms with Crippen molar-refractivity contribution in [3.63, 3.8) is 0 Å². The SMILES string of the molecule is CCCCCCCCCCCCCCCCOc1ccc(S(=O)(=O)Nc2ccc(N)cc2O)cc1. The third kappa shape index (κ3) is 11.7. The number of hydrogen-bond donors (Lipinski definition) is 3. The largest absolute Gasteiger partial charge is 0.506 e. The molecule has 0 aliphatic carbocycles. The molecule has 0 saturated heterocycles. The van der Waals surface area contributed by atoms with E-state index in [2.05, 4.69) is 11.6 Å². The number of nitrogen functional groups attached to an aromatic ring is 1. The van der Waals surface area contributed by atoms with Crippen LogP contribution in [0.4, 0.5) is 11.4 Å². The Labute approximate surface area is 212 Å². The number of benzene rings is 2. The van der Waals surface area contributed by atoms with Gasteiger partial charge in [0.1, 0.15) is 11.5 Å². The molecule has 0 radical (unpaired) electrons. The first kappa shape index (κ1) is 28.8. The molecule has 2 aromatic rings. The van der Waals surface area contributed by atoms with Crippen LogP contribution in [-0.4, -0.2) is 20.1 Å². The van der Waals surface area contributed by atoms with Gasteiger partial charge in [-0.3, -0.25) is 4.72 Å². The van der Waals surface area contributed by atoms with Crippen LogP contribution in [0.15, 0.2) is 47.4 Å². The Morgan fingerprint density at radius 2 is 1.29 bits per heavy atom. The second-order valence-corrected chi connectivity index (χ2v) is 11.0. The Bertz CT molecular complexity index is 946. The first-order chi connectivity index (χ1) is 16.9. The lowest BCUT2D eigenvalue weighted by atomic mass is 10.0. The zero-order valence-electron chi connectivity index (χ0n) is 21.3. The van der Waals surface area contributed by atoms with Gasteiger partial charge in [-0.05, 0) is 42.8 Å². The molecule has 4 N–H and O–H groups in total. The Balaban J connectivity index is 1.54. The maximum atomic E-state index is 12.6. The fraction of sp³-hybridized carbons (Fsp3) is 0.571. The number of sulfonamides is 1. The van der Waals surface area contributed by atoms with Crippen LogP contribution in [0.25, 0.3) is 0 Å². The molecular weight excluding hydrogens is 460 g/mol. The highest BCUT2D eigenvalue weighted by Gasteiger charge is 2.16. The van der Waals surface area contributed by atoms with Crippen LogP contribution in [0.3, 0.4) is 0 Å². The summed E-state index contributed by atoms with van der Waals surface area (Å²) in [6, 6.07) is 10.5. The average molecular weight is 505 g/mol. The van der Waals surface area contributed by atoms with Crippen LogP contribution in [-0.2, 0) is 10.0 Å². The number of nitrogens with one attached hydrogen (secondary N) is 1. The van der Waals surface area contributed by atoms with E-state index >= 15 is 0 Å². The van der Waals surface area contributed by atoms with E-state index in [9.17, 15) is 13.5 Å². The van der Waals surface area contributed by atoms with Crippen LogP contribution >= 0.6 is 0 Å². The van der Waals surface area contributed by atoms with Crippen molar-refractivity contribution in [3.8, 4) is 11.5 Å². The highest BCUT2D eigenvalue weighted by molar-refractivity contribution is 7.92. The first-order valence-corrected chi connectivity index (χ1v) is 14.7. The topological polar surface area (TPSA) is 102 Å². The lowest BCUT2D eigenvalue weighted by molar-refractivity contribution is 0.304. The Morgan fingerprint density at radius 3 is 1.80 bits per heavy atom. The van der Waals surface area contributed by atoms with E-state index in [1.807, 2.05) is 0 Å². The van der Waals surface area contributed by atoms with Crippen molar-refractivity contribution in [3.05, 3.63) is 42.5 Å². The van der Waals surface area contributed by atoms with Gasteiger partial charge in [0.05, 0.1) is 17.2 Å². The van der Waals surface area contributed by atoms with Crippen LogP contribution < -0.4 is 15.2 Å². The molecule has 0 unspecified atom stereocenters. The number of anilines is 2. The lowest BCUT2D eigenvalue weighted by Gasteiger charge is -2.11. The summed E-state index contributed by atoms with van der Waals surface area (Å²) in [6.07, 6.45) is 18.5. The quantitative estimate of drug-likeness (QED) is 0.104. The highest BCUT2D eigenvalue weighted by atomic mass is 32.2. The summed E-state index contributed by atoms with van der Waals surface area (Å²) in [5.41, 5.74) is 6.02. The molecule has 0 aliphatic rings. The van der Waals surface area contributed by atoms with Crippen LogP contribution in [0, 0.1) is 0 Å². The summed E-state index contributed by atoms with van der Waals surface area (Å²) in [5.74, 6) is 0.427. The summed E-state index contributed by atoms with van der Waals surface area (Å²) in [5, 5.41) is 9.88. The Hall–Kier alpha value is -2.41. The molecule has 7 heteroatoms. The summed E-state index contributed by atoms with van der Waals surface area (Å²) < 4.78 is 33.3. The molecule has 0 spiro atoms. The second kappa shape index (κ2) is 16.3. The lowest BCUT2D eigenvalue weighted by Crippen LogP contribution is -2.13. The van der Waals surface area contributed by atoms with Crippen molar-refractivity contribution in [2.75, 3.05) is 17.1 Å². The highest BCUT2D eigenvalue weighted by Crippen LogP contribution is 2.28. The number of rotatable bonds is 19. The molecule has 0 saturated carbocycles. The molecule has 2 rings (SSSR count). The van der Waals surface area contributed by atoms with Gasteiger partial charge in [0.2, 0.25) is 0 Å². The number of ether oxygens (including phenoxy) is 1. The van der Waals surface area contributed by atoms with Gasteiger partial charge in [-0.1, -0.05) is 90.4 Å². The normalized spacial score (nSPS) is 11.5. The molecule has 0 bridgehead atoms. The summed E-state index contributed by atoms with van der Waals surface area (Å²) >= 11 is 0. The predicted molar refractivity (Wildman–Crippen MR) is 146 cm³/mol. The first-order valence-electron chi connectivity index (χ1n) is 13.3. The molecule has 196 valence electrons. The molecular formula is C28H44N2O4S. The number of aromatic hydroxyl groups is 1. The third-order valence-corrected chi connectivity index (χ3v) is 7.55. The molecule has 0 atom stereocenters.